The molecule has 0 spiro atoms. The summed E-state index contributed by atoms with van der Waals surface area (Å²) in [5, 5.41) is 4.43. The van der Waals surface area contributed by atoms with Gasteiger partial charge in [-0.15, -0.1) is 11.3 Å². The number of nitrogens with zero attached hydrogens (tertiary/aromatic N) is 1. The maximum atomic E-state index is 13.2. The molecule has 0 radical (unpaired) electrons. The molecule has 1 aromatic heterocycles. The highest BCUT2D eigenvalue weighted by atomic mass is 79.9. The standard InChI is InChI=1S/C14H16BrFN2S/c1-4-17-13(14-18-8(2)9(3)19-14)11-6-5-10(16)7-12(11)15/h5-7,13,17H,4H2,1-3H3. The third-order valence-electron chi connectivity index (χ3n) is 2.97. The summed E-state index contributed by atoms with van der Waals surface area (Å²) >= 11 is 5.12. The molecule has 0 saturated heterocycles. The fourth-order valence-electron chi connectivity index (χ4n) is 1.89. The number of benzene rings is 1. The Kier molecular flexibility index (Phi) is 4.71. The number of hydrogen-bond donors (Lipinski definition) is 1. The molecular formula is C14H16BrFN2S. The molecule has 1 heterocycles. The van der Waals surface area contributed by atoms with Crippen molar-refractivity contribution < 1.29 is 4.39 Å². The maximum Gasteiger partial charge on any atom is 0.124 e. The minimum absolute atomic E-state index is 0.00243. The number of halogens is 2. The Bertz CT molecular complexity index is 563. The fraction of sp³-hybridized carbons (Fsp3) is 0.357. The molecule has 2 nitrogen and oxygen atoms in total. The number of thiazole rings is 1. The van der Waals surface area contributed by atoms with Gasteiger partial charge in [-0.25, -0.2) is 9.37 Å². The van der Waals surface area contributed by atoms with Gasteiger partial charge in [-0.1, -0.05) is 28.9 Å². The molecule has 2 rings (SSSR count). The number of hydrogen-bond acceptors (Lipinski definition) is 3. The predicted molar refractivity (Wildman–Crippen MR) is 81.2 cm³/mol. The van der Waals surface area contributed by atoms with Crippen molar-refractivity contribution in [3.05, 3.63) is 49.6 Å². The van der Waals surface area contributed by atoms with Gasteiger partial charge in [0, 0.05) is 9.35 Å². The number of nitrogens with one attached hydrogen (secondary N) is 1. The van der Waals surface area contributed by atoms with Crippen LogP contribution >= 0.6 is 27.3 Å². The second kappa shape index (κ2) is 6.11. The van der Waals surface area contributed by atoms with Crippen molar-refractivity contribution in [2.24, 2.45) is 0 Å². The summed E-state index contributed by atoms with van der Waals surface area (Å²) in [6.07, 6.45) is 0. The average molecular weight is 343 g/mol. The molecule has 1 unspecified atom stereocenters. The summed E-state index contributed by atoms with van der Waals surface area (Å²) in [5.41, 5.74) is 2.07. The average Bonchev–Trinajstić information content (AvgIpc) is 2.67. The largest absolute Gasteiger partial charge is 0.305 e. The van der Waals surface area contributed by atoms with Crippen LogP contribution in [-0.4, -0.2) is 11.5 Å². The van der Waals surface area contributed by atoms with E-state index in [9.17, 15) is 4.39 Å². The van der Waals surface area contributed by atoms with E-state index in [1.807, 2.05) is 6.92 Å². The predicted octanol–water partition coefficient (Wildman–Crippen LogP) is 4.36. The van der Waals surface area contributed by atoms with E-state index in [2.05, 4.69) is 40.1 Å². The molecule has 5 heteroatoms. The quantitative estimate of drug-likeness (QED) is 0.892. The van der Waals surface area contributed by atoms with Gasteiger partial charge in [0.15, 0.2) is 0 Å². The van der Waals surface area contributed by atoms with Gasteiger partial charge in [-0.3, -0.25) is 0 Å². The van der Waals surface area contributed by atoms with Crippen LogP contribution < -0.4 is 5.32 Å². The van der Waals surface area contributed by atoms with Crippen LogP contribution in [0.3, 0.4) is 0 Å². The lowest BCUT2D eigenvalue weighted by molar-refractivity contribution is 0.609. The van der Waals surface area contributed by atoms with E-state index in [4.69, 9.17) is 0 Å². The first-order valence-electron chi connectivity index (χ1n) is 6.15. The Labute approximate surface area is 125 Å². The first-order valence-corrected chi connectivity index (χ1v) is 7.76. The van der Waals surface area contributed by atoms with Crippen LogP contribution in [0.25, 0.3) is 0 Å². The molecule has 0 amide bonds. The fourth-order valence-corrected chi connectivity index (χ4v) is 3.49. The molecule has 102 valence electrons. The van der Waals surface area contributed by atoms with E-state index in [1.165, 1.54) is 17.0 Å². The molecule has 0 aliphatic carbocycles. The van der Waals surface area contributed by atoms with Crippen LogP contribution in [-0.2, 0) is 0 Å². The van der Waals surface area contributed by atoms with Crippen molar-refractivity contribution in [1.29, 1.82) is 0 Å². The van der Waals surface area contributed by atoms with E-state index >= 15 is 0 Å². The van der Waals surface area contributed by atoms with Crippen LogP contribution in [0.1, 0.15) is 34.1 Å². The zero-order chi connectivity index (χ0) is 14.0. The van der Waals surface area contributed by atoms with Crippen LogP contribution in [0.4, 0.5) is 4.39 Å². The van der Waals surface area contributed by atoms with Gasteiger partial charge in [0.05, 0.1) is 11.7 Å². The third-order valence-corrected chi connectivity index (χ3v) is 4.80. The second-order valence-electron chi connectivity index (χ2n) is 4.35. The Morgan fingerprint density at radius 2 is 2.16 bits per heavy atom. The normalized spacial score (nSPS) is 12.7. The van der Waals surface area contributed by atoms with Gasteiger partial charge in [0.25, 0.3) is 0 Å². The first kappa shape index (κ1) is 14.6. The lowest BCUT2D eigenvalue weighted by atomic mass is 10.1. The Morgan fingerprint density at radius 3 is 2.68 bits per heavy atom. The van der Waals surface area contributed by atoms with Gasteiger partial charge in [0.1, 0.15) is 10.8 Å². The van der Waals surface area contributed by atoms with Gasteiger partial charge >= 0.3 is 0 Å². The molecule has 1 atom stereocenters. The minimum atomic E-state index is -0.239. The summed E-state index contributed by atoms with van der Waals surface area (Å²) in [4.78, 5) is 5.83. The smallest absolute Gasteiger partial charge is 0.124 e. The lowest BCUT2D eigenvalue weighted by Crippen LogP contribution is -2.22. The zero-order valence-corrected chi connectivity index (χ0v) is 13.5. The molecule has 0 fully saturated rings. The SMILES string of the molecule is CCNC(c1nc(C)c(C)s1)c1ccc(F)cc1Br. The Balaban J connectivity index is 2.44. The molecular weight excluding hydrogens is 327 g/mol. The summed E-state index contributed by atoms with van der Waals surface area (Å²) < 4.78 is 14.0. The van der Waals surface area contributed by atoms with Crippen LogP contribution in [0.2, 0.25) is 0 Å². The summed E-state index contributed by atoms with van der Waals surface area (Å²) in [7, 11) is 0. The second-order valence-corrected chi connectivity index (χ2v) is 6.44. The van der Waals surface area contributed by atoms with E-state index in [-0.39, 0.29) is 11.9 Å². The number of aromatic nitrogens is 1. The molecule has 2 aromatic rings. The van der Waals surface area contributed by atoms with E-state index < -0.39 is 0 Å². The number of aryl methyl sites for hydroxylation is 2. The van der Waals surface area contributed by atoms with Crippen molar-refractivity contribution in [3.63, 3.8) is 0 Å². The van der Waals surface area contributed by atoms with Gasteiger partial charge in [-0.2, -0.15) is 0 Å². The van der Waals surface area contributed by atoms with Crippen molar-refractivity contribution in [2.75, 3.05) is 6.54 Å². The van der Waals surface area contributed by atoms with Crippen molar-refractivity contribution >= 4 is 27.3 Å². The van der Waals surface area contributed by atoms with Crippen LogP contribution in [0.15, 0.2) is 22.7 Å². The van der Waals surface area contributed by atoms with Gasteiger partial charge in [-0.05, 0) is 38.1 Å². The van der Waals surface area contributed by atoms with Crippen molar-refractivity contribution in [2.45, 2.75) is 26.8 Å². The monoisotopic (exact) mass is 342 g/mol. The summed E-state index contributed by atoms with van der Waals surface area (Å²) in [5.74, 6) is -0.239. The maximum absolute atomic E-state index is 13.2. The van der Waals surface area contributed by atoms with Crippen LogP contribution in [0, 0.1) is 19.7 Å². The highest BCUT2D eigenvalue weighted by molar-refractivity contribution is 9.10. The molecule has 1 aromatic carbocycles. The molecule has 0 aliphatic rings. The first-order chi connectivity index (χ1) is 9.02. The highest BCUT2D eigenvalue weighted by Crippen LogP contribution is 2.32. The Hall–Kier alpha value is -0.780. The molecule has 0 aliphatic heterocycles. The van der Waals surface area contributed by atoms with Gasteiger partial charge in [0.2, 0.25) is 0 Å². The highest BCUT2D eigenvalue weighted by Gasteiger charge is 2.20. The summed E-state index contributed by atoms with van der Waals surface area (Å²) in [6, 6.07) is 4.78. The minimum Gasteiger partial charge on any atom is -0.305 e. The van der Waals surface area contributed by atoms with Crippen molar-refractivity contribution in [1.82, 2.24) is 10.3 Å². The molecule has 19 heavy (non-hydrogen) atoms. The van der Waals surface area contributed by atoms with Crippen LogP contribution in [0.5, 0.6) is 0 Å². The number of rotatable bonds is 4. The lowest BCUT2D eigenvalue weighted by Gasteiger charge is -2.17. The van der Waals surface area contributed by atoms with E-state index in [0.29, 0.717) is 0 Å². The molecule has 0 bridgehead atoms. The van der Waals surface area contributed by atoms with E-state index in [0.717, 1.165) is 27.3 Å². The van der Waals surface area contributed by atoms with E-state index in [1.54, 1.807) is 17.4 Å². The Morgan fingerprint density at radius 1 is 1.42 bits per heavy atom. The third kappa shape index (κ3) is 3.22. The molecule has 1 N–H and O–H groups in total. The molecule has 0 saturated carbocycles. The topological polar surface area (TPSA) is 24.9 Å². The summed E-state index contributed by atoms with van der Waals surface area (Å²) in [6.45, 7) is 6.96. The van der Waals surface area contributed by atoms with Gasteiger partial charge < -0.3 is 5.32 Å². The zero-order valence-electron chi connectivity index (χ0n) is 11.1. The van der Waals surface area contributed by atoms with Crippen molar-refractivity contribution in [3.8, 4) is 0 Å².